The Kier molecular flexibility index (Phi) is 4.21. The van der Waals surface area contributed by atoms with E-state index in [1.807, 2.05) is 37.3 Å². The van der Waals surface area contributed by atoms with Crippen molar-refractivity contribution < 1.29 is 13.2 Å². The van der Waals surface area contributed by atoms with E-state index in [9.17, 15) is 13.2 Å². The van der Waals surface area contributed by atoms with E-state index in [1.54, 1.807) is 21.5 Å². The van der Waals surface area contributed by atoms with Crippen LogP contribution in [0.1, 0.15) is 47.3 Å². The van der Waals surface area contributed by atoms with E-state index >= 15 is 0 Å². The van der Waals surface area contributed by atoms with Gasteiger partial charge in [0.2, 0.25) is 10.0 Å². The molecule has 29 heavy (non-hydrogen) atoms. The molecule has 0 bridgehead atoms. The van der Waals surface area contributed by atoms with Crippen molar-refractivity contribution in [2.24, 2.45) is 5.92 Å². The first-order valence-corrected chi connectivity index (χ1v) is 11.7. The van der Waals surface area contributed by atoms with Crippen LogP contribution < -0.4 is 4.31 Å². The lowest BCUT2D eigenvalue weighted by atomic mass is 9.87. The van der Waals surface area contributed by atoms with Crippen LogP contribution in [0.3, 0.4) is 0 Å². The summed E-state index contributed by atoms with van der Waals surface area (Å²) in [5.41, 5.74) is 3.15. The first-order valence-electron chi connectivity index (χ1n) is 10.3. The fourth-order valence-electron chi connectivity index (χ4n) is 4.70. The monoisotopic (exact) mass is 411 g/mol. The molecule has 2 aromatic rings. The van der Waals surface area contributed by atoms with Gasteiger partial charge in [0.15, 0.2) is 0 Å². The normalized spacial score (nSPS) is 22.0. The van der Waals surface area contributed by atoms with E-state index < -0.39 is 14.8 Å². The van der Waals surface area contributed by atoms with Gasteiger partial charge in [0.25, 0.3) is 5.91 Å². The third-order valence-corrected chi connectivity index (χ3v) is 9.10. The molecule has 0 unspecified atom stereocenters. The molecule has 2 fully saturated rings. The minimum atomic E-state index is -3.51. The van der Waals surface area contributed by atoms with Gasteiger partial charge < -0.3 is 4.90 Å². The van der Waals surface area contributed by atoms with Gasteiger partial charge in [-0.1, -0.05) is 18.2 Å². The molecule has 7 heteroatoms. The molecular weight excluding hydrogens is 386 g/mol. The van der Waals surface area contributed by atoms with E-state index in [0.29, 0.717) is 44.1 Å². The van der Waals surface area contributed by atoms with Crippen LogP contribution >= 0.6 is 0 Å². The number of hydrogen-bond acceptors (Lipinski definition) is 4. The minimum absolute atomic E-state index is 0.123. The highest BCUT2D eigenvalue weighted by molar-refractivity contribution is 7.94. The number of carbonyl (C=O) groups is 1. The van der Waals surface area contributed by atoms with Gasteiger partial charge >= 0.3 is 0 Å². The number of pyridine rings is 1. The van der Waals surface area contributed by atoms with Gasteiger partial charge in [0.1, 0.15) is 10.4 Å². The molecule has 0 atom stereocenters. The number of sulfonamides is 1. The molecule has 6 nitrogen and oxygen atoms in total. The number of carbonyl (C=O) groups excluding carboxylic acids is 1. The van der Waals surface area contributed by atoms with E-state index in [0.717, 1.165) is 29.7 Å². The van der Waals surface area contributed by atoms with Gasteiger partial charge in [0, 0.05) is 25.8 Å². The number of anilines is 1. The highest BCUT2D eigenvalue weighted by Gasteiger charge is 2.57. The van der Waals surface area contributed by atoms with Gasteiger partial charge in [-0.25, -0.2) is 8.42 Å². The standard InChI is InChI=1S/C22H25N3O3S/c1-16-8-11-23-19(14-16)21(26)24-12-9-22(10-13-24)18-4-2-3-5-20(18)25(29(22,27)28)15-17-6-7-17/h2-5,8,11,14,17H,6-7,9-10,12-13,15H2,1H3. The van der Waals surface area contributed by atoms with Gasteiger partial charge in [-0.15, -0.1) is 0 Å². The molecule has 1 aliphatic carbocycles. The molecule has 0 N–H and O–H groups in total. The Balaban J connectivity index is 1.44. The molecule has 3 aliphatic rings. The highest BCUT2D eigenvalue weighted by Crippen LogP contribution is 2.53. The summed E-state index contributed by atoms with van der Waals surface area (Å²) in [6.07, 6.45) is 4.69. The number of piperidine rings is 1. The molecule has 3 heterocycles. The smallest absolute Gasteiger partial charge is 0.272 e. The molecule has 5 rings (SSSR count). The van der Waals surface area contributed by atoms with Crippen molar-refractivity contribution in [3.05, 3.63) is 59.4 Å². The van der Waals surface area contributed by atoms with Crippen LogP contribution in [0.4, 0.5) is 5.69 Å². The number of likely N-dealkylation sites (tertiary alicyclic amines) is 1. The van der Waals surface area contributed by atoms with E-state index in [1.165, 1.54) is 0 Å². The molecule has 1 spiro atoms. The third-order valence-electron chi connectivity index (χ3n) is 6.56. The Morgan fingerprint density at radius 1 is 1.17 bits per heavy atom. The first-order chi connectivity index (χ1) is 13.9. The van der Waals surface area contributed by atoms with Crippen molar-refractivity contribution in [2.75, 3.05) is 23.9 Å². The largest absolute Gasteiger partial charge is 0.337 e. The van der Waals surface area contributed by atoms with Gasteiger partial charge in [-0.3, -0.25) is 14.1 Å². The van der Waals surface area contributed by atoms with Crippen LogP contribution in [-0.4, -0.2) is 43.8 Å². The Morgan fingerprint density at radius 2 is 1.90 bits per heavy atom. The van der Waals surface area contributed by atoms with Crippen LogP contribution in [0.25, 0.3) is 0 Å². The summed E-state index contributed by atoms with van der Waals surface area (Å²) in [7, 11) is -3.51. The first kappa shape index (κ1) is 18.6. The van der Waals surface area contributed by atoms with E-state index in [-0.39, 0.29) is 5.91 Å². The number of hydrogen-bond donors (Lipinski definition) is 0. The average molecular weight is 412 g/mol. The Hall–Kier alpha value is -2.41. The van der Waals surface area contributed by atoms with Crippen molar-refractivity contribution in [1.29, 1.82) is 0 Å². The number of rotatable bonds is 3. The van der Waals surface area contributed by atoms with Gasteiger partial charge in [-0.05, 0) is 67.9 Å². The molecule has 1 saturated heterocycles. The molecule has 2 aliphatic heterocycles. The summed E-state index contributed by atoms with van der Waals surface area (Å²) < 4.78 is 28.1. The quantitative estimate of drug-likeness (QED) is 0.778. The Morgan fingerprint density at radius 3 is 2.59 bits per heavy atom. The van der Waals surface area contributed by atoms with Crippen LogP contribution in [0.2, 0.25) is 0 Å². The summed E-state index contributed by atoms with van der Waals surface area (Å²) >= 11 is 0. The highest BCUT2D eigenvalue weighted by atomic mass is 32.2. The molecule has 1 aromatic heterocycles. The lowest BCUT2D eigenvalue weighted by Gasteiger charge is -2.39. The SMILES string of the molecule is Cc1ccnc(C(=O)N2CCC3(CC2)c2ccccc2N(CC2CC2)S3(=O)=O)c1. The summed E-state index contributed by atoms with van der Waals surface area (Å²) in [5, 5.41) is 0. The number of benzene rings is 1. The predicted molar refractivity (Wildman–Crippen MR) is 111 cm³/mol. The fourth-order valence-corrected chi connectivity index (χ4v) is 7.10. The number of aryl methyl sites for hydroxylation is 1. The Bertz CT molecular complexity index is 1070. The molecular formula is C22H25N3O3S. The number of aromatic nitrogens is 1. The summed E-state index contributed by atoms with van der Waals surface area (Å²) in [4.78, 5) is 18.8. The minimum Gasteiger partial charge on any atom is -0.337 e. The summed E-state index contributed by atoms with van der Waals surface area (Å²) in [6, 6.07) is 11.4. The second-order valence-corrected chi connectivity index (χ2v) is 10.7. The second kappa shape index (κ2) is 6.55. The molecule has 1 amide bonds. The maximum Gasteiger partial charge on any atom is 0.272 e. The van der Waals surface area contributed by atoms with Crippen molar-refractivity contribution in [3.63, 3.8) is 0 Å². The summed E-state index contributed by atoms with van der Waals surface area (Å²) in [6.45, 7) is 3.34. The van der Waals surface area contributed by atoms with Crippen molar-refractivity contribution in [1.82, 2.24) is 9.88 Å². The molecule has 1 aromatic carbocycles. The average Bonchev–Trinajstić information content (AvgIpc) is 3.53. The third kappa shape index (κ3) is 2.86. The molecule has 152 valence electrons. The van der Waals surface area contributed by atoms with Crippen LogP contribution in [-0.2, 0) is 14.8 Å². The zero-order valence-electron chi connectivity index (χ0n) is 16.5. The number of nitrogens with zero attached hydrogens (tertiary/aromatic N) is 3. The maximum absolute atomic E-state index is 13.7. The topological polar surface area (TPSA) is 70.6 Å². The van der Waals surface area contributed by atoms with Crippen LogP contribution in [0.5, 0.6) is 0 Å². The predicted octanol–water partition coefficient (Wildman–Crippen LogP) is 3.08. The van der Waals surface area contributed by atoms with Crippen molar-refractivity contribution in [3.8, 4) is 0 Å². The van der Waals surface area contributed by atoms with Gasteiger partial charge in [0.05, 0.1) is 5.69 Å². The Labute approximate surface area is 171 Å². The van der Waals surface area contributed by atoms with Crippen molar-refractivity contribution in [2.45, 2.75) is 37.4 Å². The van der Waals surface area contributed by atoms with E-state index in [2.05, 4.69) is 4.98 Å². The maximum atomic E-state index is 13.7. The lowest BCUT2D eigenvalue weighted by molar-refractivity contribution is 0.0695. The molecule has 0 radical (unpaired) electrons. The van der Waals surface area contributed by atoms with Crippen LogP contribution in [0, 0.1) is 12.8 Å². The van der Waals surface area contributed by atoms with Crippen molar-refractivity contribution >= 4 is 21.6 Å². The summed E-state index contributed by atoms with van der Waals surface area (Å²) in [5.74, 6) is 0.351. The van der Waals surface area contributed by atoms with E-state index in [4.69, 9.17) is 0 Å². The number of amides is 1. The fraction of sp³-hybridized carbons (Fsp3) is 0.455. The van der Waals surface area contributed by atoms with Crippen LogP contribution in [0.15, 0.2) is 42.6 Å². The second-order valence-electron chi connectivity index (χ2n) is 8.50. The molecule has 1 saturated carbocycles. The zero-order valence-corrected chi connectivity index (χ0v) is 17.4. The lowest BCUT2D eigenvalue weighted by Crippen LogP contribution is -2.50. The van der Waals surface area contributed by atoms with Gasteiger partial charge in [-0.2, -0.15) is 0 Å². The zero-order chi connectivity index (χ0) is 20.2. The number of para-hydroxylation sites is 1. The number of fused-ring (bicyclic) bond motifs is 2.